The summed E-state index contributed by atoms with van der Waals surface area (Å²) in [6.07, 6.45) is -13.1. The molecule has 1 saturated carbocycles. The number of aromatic hydroxyl groups is 1. The number of nitrogens with zero attached hydrogens (tertiary/aromatic N) is 2. The number of nitrogens with one attached hydrogen (secondary N) is 4. The molecule has 4 fully saturated rings. The van der Waals surface area contributed by atoms with Gasteiger partial charge in [-0.2, -0.15) is 0 Å². The number of primary amides is 1. The molecule has 1 aromatic rings. The number of aliphatic hydroxyl groups is 7. The number of aliphatic hydroxyl groups excluding tert-OH is 3. The Labute approximate surface area is 607 Å². The van der Waals surface area contributed by atoms with Crippen LogP contribution in [0.5, 0.6) is 5.75 Å². The Morgan fingerprint density at radius 1 is 0.788 bits per heavy atom. The molecule has 586 valence electrons. The largest absolute Gasteiger partial charge is 0.508 e. The van der Waals surface area contributed by atoms with Crippen LogP contribution in [0.3, 0.4) is 0 Å². The zero-order chi connectivity index (χ0) is 78.3. The van der Waals surface area contributed by atoms with Gasteiger partial charge in [-0.3, -0.25) is 28.9 Å². The van der Waals surface area contributed by atoms with Gasteiger partial charge in [-0.25, -0.2) is 14.4 Å². The molecule has 3 saturated heterocycles. The number of carbonyl (C=O) groups excluding carboxylic acids is 8. The van der Waals surface area contributed by atoms with Gasteiger partial charge >= 0.3 is 30.2 Å². The number of unbranched alkanes of at least 4 members (excludes halogenated alkanes) is 1. The van der Waals surface area contributed by atoms with E-state index in [1.54, 1.807) is 69.2 Å². The van der Waals surface area contributed by atoms with Gasteiger partial charge in [0.2, 0.25) is 5.78 Å². The van der Waals surface area contributed by atoms with Gasteiger partial charge in [0.05, 0.1) is 71.0 Å². The normalized spacial score (nSPS) is 38.0. The summed E-state index contributed by atoms with van der Waals surface area (Å²) in [5.74, 6) is -15.0. The van der Waals surface area contributed by atoms with E-state index in [4.69, 9.17) is 48.4 Å². The minimum Gasteiger partial charge on any atom is -0.508 e. The van der Waals surface area contributed by atoms with Crippen LogP contribution in [0.1, 0.15) is 160 Å². The molecule has 0 spiro atoms. The van der Waals surface area contributed by atoms with E-state index in [2.05, 4.69) is 21.3 Å². The fourth-order valence-corrected chi connectivity index (χ4v) is 16.4. The second-order valence-electron chi connectivity index (χ2n) is 31.5. The van der Waals surface area contributed by atoms with Crippen LogP contribution in [0, 0.1) is 35.5 Å². The number of likely N-dealkylation sites (N-methyl/N-ethyl adjacent to an activating group) is 2. The topological polar surface area (TPSA) is 462 Å². The number of carbonyl (C=O) groups is 8. The van der Waals surface area contributed by atoms with E-state index in [-0.39, 0.29) is 56.4 Å². The maximum Gasteiger partial charge on any atom is 0.407 e. The van der Waals surface area contributed by atoms with Crippen molar-refractivity contribution in [2.75, 3.05) is 53.7 Å². The van der Waals surface area contributed by atoms with E-state index >= 15 is 0 Å². The minimum absolute atomic E-state index is 0.0254. The van der Waals surface area contributed by atoms with Crippen molar-refractivity contribution in [2.24, 2.45) is 41.2 Å². The number of phenolic OH excluding ortho intramolecular Hbond substituents is 1. The first-order chi connectivity index (χ1) is 48.0. The van der Waals surface area contributed by atoms with Crippen molar-refractivity contribution in [2.45, 2.75) is 262 Å². The maximum atomic E-state index is 14.9. The van der Waals surface area contributed by atoms with Crippen LogP contribution in [0.4, 0.5) is 20.1 Å². The van der Waals surface area contributed by atoms with E-state index in [9.17, 15) is 79.2 Å². The number of esters is 2. The summed E-state index contributed by atoms with van der Waals surface area (Å²) in [6, 6.07) is -1.10. The average Bonchev–Trinajstić information content (AvgIpc) is 0.687. The zero-order valence-corrected chi connectivity index (χ0v) is 63.5. The number of alkyl carbamates (subject to hydrolysis) is 2. The highest BCUT2D eigenvalue weighted by atomic mass is 16.7. The molecule has 24 atom stereocenters. The Kier molecular flexibility index (Phi) is 26.2. The number of cyclic esters (lactones) is 1. The highest BCUT2D eigenvalue weighted by molar-refractivity contribution is 6.24. The third-order valence-electron chi connectivity index (χ3n) is 21.8. The van der Waals surface area contributed by atoms with Crippen LogP contribution in [0.25, 0.3) is 5.76 Å². The summed E-state index contributed by atoms with van der Waals surface area (Å²) < 4.78 is 56.9. The summed E-state index contributed by atoms with van der Waals surface area (Å²) in [7, 11) is 7.95. The van der Waals surface area contributed by atoms with Gasteiger partial charge in [-0.05, 0) is 154 Å². The summed E-state index contributed by atoms with van der Waals surface area (Å²) in [5, 5.41) is 107. The first kappa shape index (κ1) is 84.4. The number of amides is 5. The number of phenols is 1. The van der Waals surface area contributed by atoms with E-state index < -0.39 is 230 Å². The van der Waals surface area contributed by atoms with Crippen LogP contribution in [0.15, 0.2) is 29.0 Å². The molecule has 32 heteroatoms. The second-order valence-corrected chi connectivity index (χ2v) is 31.5. The van der Waals surface area contributed by atoms with Crippen molar-refractivity contribution < 1.29 is 122 Å². The summed E-state index contributed by atoms with van der Waals surface area (Å²) in [4.78, 5) is 112. The lowest BCUT2D eigenvalue weighted by atomic mass is 9.54. The van der Waals surface area contributed by atoms with Gasteiger partial charge in [-0.15, -0.1) is 0 Å². The van der Waals surface area contributed by atoms with Crippen molar-refractivity contribution in [3.63, 3.8) is 0 Å². The number of methoxy groups -OCH3 is 1. The third kappa shape index (κ3) is 17.3. The molecule has 0 bridgehead atoms. The number of benzene rings is 1. The van der Waals surface area contributed by atoms with Crippen molar-refractivity contribution in [3.05, 3.63) is 40.2 Å². The fraction of sp³-hybridized carbons (Fsp3) is 0.750. The van der Waals surface area contributed by atoms with Crippen LogP contribution < -0.4 is 27.0 Å². The number of rotatable bonds is 18. The molecule has 5 amide bonds. The lowest BCUT2D eigenvalue weighted by Gasteiger charge is -2.53. The molecule has 104 heavy (non-hydrogen) atoms. The molecule has 0 radical (unpaired) electrons. The third-order valence-corrected chi connectivity index (χ3v) is 21.8. The van der Waals surface area contributed by atoms with Gasteiger partial charge in [-0.1, -0.05) is 33.8 Å². The molecule has 8 unspecified atom stereocenters. The number of ether oxygens (including phenoxy) is 9. The molecule has 6 aliphatic rings. The lowest BCUT2D eigenvalue weighted by molar-refractivity contribution is -0.318. The number of ketones is 2. The van der Waals surface area contributed by atoms with Crippen molar-refractivity contribution in [1.29, 1.82) is 0 Å². The Balaban J connectivity index is 1.06. The van der Waals surface area contributed by atoms with E-state index in [0.29, 0.717) is 12.8 Å². The monoisotopic (exact) mass is 1480 g/mol. The molecular weight excluding hydrogens is 1360 g/mol. The summed E-state index contributed by atoms with van der Waals surface area (Å²) in [5.41, 5.74) is -8.43. The van der Waals surface area contributed by atoms with Gasteiger partial charge in [0.25, 0.3) is 5.91 Å². The molecule has 14 N–H and O–H groups in total. The van der Waals surface area contributed by atoms with Gasteiger partial charge in [0.1, 0.15) is 45.7 Å². The molecule has 3 aliphatic heterocycles. The first-order valence-corrected chi connectivity index (χ1v) is 35.6. The van der Waals surface area contributed by atoms with Crippen molar-refractivity contribution >= 4 is 59.1 Å². The van der Waals surface area contributed by atoms with Crippen LogP contribution in [-0.2, 0) is 72.2 Å². The molecule has 7 rings (SSSR count). The van der Waals surface area contributed by atoms with Gasteiger partial charge in [0, 0.05) is 68.8 Å². The average molecular weight is 1480 g/mol. The van der Waals surface area contributed by atoms with Crippen molar-refractivity contribution in [3.8, 4) is 5.75 Å². The number of hydrogen-bond acceptors (Lipinski definition) is 27. The van der Waals surface area contributed by atoms with Crippen molar-refractivity contribution in [1.82, 2.24) is 25.8 Å². The minimum atomic E-state index is -2.97. The van der Waals surface area contributed by atoms with E-state index in [1.165, 1.54) is 65.9 Å². The number of Topliss-reactive ketones (excluding diaryl/α,β-unsaturated/α-hetero) is 2. The number of hydrogen-bond donors (Lipinski definition) is 13. The summed E-state index contributed by atoms with van der Waals surface area (Å²) >= 11 is 0. The highest BCUT2D eigenvalue weighted by Crippen LogP contribution is 2.58. The molecule has 3 aliphatic carbocycles. The predicted molar refractivity (Wildman–Crippen MR) is 373 cm³/mol. The Morgan fingerprint density at radius 3 is 1.98 bits per heavy atom. The van der Waals surface area contributed by atoms with E-state index in [1.807, 2.05) is 25.9 Å². The number of fused-ring (bicyclic) bond motifs is 3. The number of anilines is 1. The molecule has 0 aromatic heterocycles. The Hall–Kier alpha value is -6.82. The molecular formula is C72H113N7O25. The number of nitrogens with two attached hydrogens (primary N) is 1. The predicted octanol–water partition coefficient (Wildman–Crippen LogP) is 3.96. The quantitative estimate of drug-likeness (QED) is 0.0325. The zero-order valence-electron chi connectivity index (χ0n) is 63.5. The summed E-state index contributed by atoms with van der Waals surface area (Å²) in [6.45, 7) is 24.0. The Morgan fingerprint density at radius 2 is 1.41 bits per heavy atom. The smallest absolute Gasteiger partial charge is 0.407 e. The Bertz CT molecular complexity index is 3420. The maximum absolute atomic E-state index is 14.9. The SMILES string of the molecule is CC[C@H]1OC(=O)[C@H](C)[C@@H](OC2CC(C)(OC)C(OC(=O)NCCCCNC(=O)Nc3ccc4c(c3O)C(O)=C3C(=O)[C@]5(O)C(O)=C(C(N)=O)C(=O)[C@@H](N(C)C)[C@@H]5C[C@@H]3[C@]4(C)O)C(C)O2)[C@H](C)[C@@H](OC2OC(C)CC(N(C)C)C2OC(C)=O)[C@](C)(O)C[C@@H](C)[C@H](NC(=O)OC(C)(C)C)[C@H](C)[C@@H](O)[C@]1(C)O. The second kappa shape index (κ2) is 32.3. The molecule has 32 nitrogen and oxygen atoms in total. The molecule has 3 heterocycles. The van der Waals surface area contributed by atoms with Crippen LogP contribution >= 0.6 is 0 Å². The van der Waals surface area contributed by atoms with Gasteiger partial charge in [0.15, 0.2) is 36.2 Å². The van der Waals surface area contributed by atoms with E-state index in [0.717, 1.165) is 0 Å². The number of urea groups is 1. The fourth-order valence-electron chi connectivity index (χ4n) is 16.4. The lowest BCUT2D eigenvalue weighted by Crippen LogP contribution is -2.67. The molecule has 1 aromatic carbocycles. The van der Waals surface area contributed by atoms with Gasteiger partial charge < -0.3 is 115 Å². The van der Waals surface area contributed by atoms with Crippen LogP contribution in [-0.4, -0.2) is 254 Å². The van der Waals surface area contributed by atoms with Crippen LogP contribution in [0.2, 0.25) is 0 Å². The first-order valence-electron chi connectivity index (χ1n) is 35.6. The highest BCUT2D eigenvalue weighted by Gasteiger charge is 2.67. The standard InChI is InChI=1S/C72H113N7O25/c1-21-44-71(15,94)56(84)34(4)49(77-66(91)104-67(9,10)11)32(2)30-68(12,92)59(102-63-55(99-38(8)80)43(78(16)17)28-33(3)97-63)35(5)54(36(6)62(88)100-44)101-45-31-69(13,96-20)60(37(7)98-45)103-65(90)75-27-23-22-26-74-64(89)76-42-25-24-39-46(51(42)81)52(82)47-40(70(39,14)93)29-41-50(79(18)19)53(83)48(61(73)87)58(86)72(41,95)57(47)85/h24-25,32-37,40-41,43-45,49-50,54-56,59-60,63,81-82,84,86,92-95H,21-23,26-31H2,1-20H3,(H2,73,87)(H,75,90)(H,77,91)(H2,74,76,89)/t32-,33?,34+,35+,36-,37?,40+,41+,43?,44-,45?,49+,50+,54+,55?,56-,59-,60?,63?,68-,69?,70-,71-,72+/m1/s1.